The number of methoxy groups -OCH3 is 1. The molecule has 1 atom stereocenters. The molecule has 0 bridgehead atoms. The van der Waals surface area contributed by atoms with E-state index in [2.05, 4.69) is 15.0 Å². The summed E-state index contributed by atoms with van der Waals surface area (Å²) >= 11 is 0. The SMILES string of the molecule is COc1cc(C(C)NC(=O)Cc2ccc(OC(F)(F)F)cc2)ccc1OCc1ccncc1. The lowest BCUT2D eigenvalue weighted by molar-refractivity contribution is -0.274. The predicted molar refractivity (Wildman–Crippen MR) is 115 cm³/mol. The van der Waals surface area contributed by atoms with Crippen LogP contribution in [0, 0.1) is 0 Å². The quantitative estimate of drug-likeness (QED) is 0.487. The molecule has 0 aliphatic carbocycles. The van der Waals surface area contributed by atoms with E-state index in [1.165, 1.54) is 31.4 Å². The van der Waals surface area contributed by atoms with Gasteiger partial charge in [0.1, 0.15) is 12.4 Å². The van der Waals surface area contributed by atoms with Gasteiger partial charge >= 0.3 is 6.36 Å². The molecule has 0 aliphatic heterocycles. The molecule has 0 aliphatic rings. The van der Waals surface area contributed by atoms with Gasteiger partial charge in [-0.05, 0) is 60.0 Å². The van der Waals surface area contributed by atoms with Crippen molar-refractivity contribution in [2.24, 2.45) is 0 Å². The Morgan fingerprint density at radius 1 is 1.00 bits per heavy atom. The minimum Gasteiger partial charge on any atom is -0.493 e. The Hall–Kier alpha value is -3.75. The van der Waals surface area contributed by atoms with E-state index in [0.717, 1.165) is 11.1 Å². The van der Waals surface area contributed by atoms with E-state index in [0.29, 0.717) is 23.7 Å². The number of hydrogen-bond acceptors (Lipinski definition) is 5. The van der Waals surface area contributed by atoms with Gasteiger partial charge in [0.15, 0.2) is 11.5 Å². The summed E-state index contributed by atoms with van der Waals surface area (Å²) in [5.74, 6) is 0.489. The zero-order valence-electron chi connectivity index (χ0n) is 18.1. The van der Waals surface area contributed by atoms with Gasteiger partial charge < -0.3 is 19.5 Å². The molecule has 3 aromatic rings. The van der Waals surface area contributed by atoms with Crippen LogP contribution in [0.3, 0.4) is 0 Å². The molecule has 1 heterocycles. The van der Waals surface area contributed by atoms with E-state index in [1.54, 1.807) is 24.5 Å². The number of hydrogen-bond donors (Lipinski definition) is 1. The number of rotatable bonds is 9. The third kappa shape index (κ3) is 7.41. The fourth-order valence-electron chi connectivity index (χ4n) is 3.08. The van der Waals surface area contributed by atoms with Crippen LogP contribution in [0.25, 0.3) is 0 Å². The summed E-state index contributed by atoms with van der Waals surface area (Å²) in [5.41, 5.74) is 2.34. The largest absolute Gasteiger partial charge is 0.573 e. The molecule has 2 aromatic carbocycles. The summed E-state index contributed by atoms with van der Waals surface area (Å²) in [6, 6.07) is 14.0. The maximum Gasteiger partial charge on any atom is 0.573 e. The smallest absolute Gasteiger partial charge is 0.493 e. The van der Waals surface area contributed by atoms with Gasteiger partial charge in [0.2, 0.25) is 5.91 Å². The highest BCUT2D eigenvalue weighted by atomic mass is 19.4. The van der Waals surface area contributed by atoms with E-state index in [-0.39, 0.29) is 24.1 Å². The maximum atomic E-state index is 12.4. The summed E-state index contributed by atoms with van der Waals surface area (Å²) in [4.78, 5) is 16.4. The van der Waals surface area contributed by atoms with Crippen molar-refractivity contribution < 1.29 is 32.2 Å². The number of pyridine rings is 1. The molecule has 1 N–H and O–H groups in total. The number of carbonyl (C=O) groups excluding carboxylic acids is 1. The standard InChI is InChI=1S/C24H23F3N2O4/c1-16(29-23(30)13-17-3-6-20(7-4-17)33-24(25,26)27)19-5-8-21(22(14-19)31-2)32-15-18-9-11-28-12-10-18/h3-12,14,16H,13,15H2,1-2H3,(H,29,30). The Kier molecular flexibility index (Phi) is 7.76. The number of nitrogens with zero attached hydrogens (tertiary/aromatic N) is 1. The molecule has 33 heavy (non-hydrogen) atoms. The number of halogens is 3. The number of benzene rings is 2. The van der Waals surface area contributed by atoms with Crippen LogP contribution in [0.5, 0.6) is 17.2 Å². The average molecular weight is 460 g/mol. The van der Waals surface area contributed by atoms with Gasteiger partial charge in [-0.25, -0.2) is 0 Å². The Morgan fingerprint density at radius 3 is 2.33 bits per heavy atom. The molecule has 1 aromatic heterocycles. The predicted octanol–water partition coefficient (Wildman–Crippen LogP) is 4.99. The molecule has 6 nitrogen and oxygen atoms in total. The summed E-state index contributed by atoms with van der Waals surface area (Å²) < 4.78 is 51.8. The first-order valence-electron chi connectivity index (χ1n) is 10.1. The number of amides is 1. The fraction of sp³-hybridized carbons (Fsp3) is 0.250. The van der Waals surface area contributed by atoms with Gasteiger partial charge in [0.05, 0.1) is 19.6 Å². The Morgan fingerprint density at radius 2 is 1.70 bits per heavy atom. The van der Waals surface area contributed by atoms with E-state index in [1.807, 2.05) is 25.1 Å². The molecule has 0 saturated heterocycles. The third-order valence-corrected chi connectivity index (χ3v) is 4.73. The molecular formula is C24H23F3N2O4. The Bertz CT molecular complexity index is 1060. The third-order valence-electron chi connectivity index (χ3n) is 4.73. The van der Waals surface area contributed by atoms with E-state index < -0.39 is 6.36 Å². The van der Waals surface area contributed by atoms with Crippen molar-refractivity contribution >= 4 is 5.91 Å². The number of nitrogens with one attached hydrogen (secondary N) is 1. The lowest BCUT2D eigenvalue weighted by atomic mass is 10.1. The highest BCUT2D eigenvalue weighted by Crippen LogP contribution is 2.31. The topological polar surface area (TPSA) is 69.7 Å². The maximum absolute atomic E-state index is 12.4. The van der Waals surface area contributed by atoms with Gasteiger partial charge in [-0.2, -0.15) is 0 Å². The van der Waals surface area contributed by atoms with Crippen molar-refractivity contribution in [1.82, 2.24) is 10.3 Å². The molecule has 1 amide bonds. The Labute approximate surface area is 189 Å². The van der Waals surface area contributed by atoms with Crippen LogP contribution >= 0.6 is 0 Å². The molecule has 0 spiro atoms. The monoisotopic (exact) mass is 460 g/mol. The first-order chi connectivity index (χ1) is 15.7. The fourth-order valence-corrected chi connectivity index (χ4v) is 3.08. The molecule has 0 fully saturated rings. The highest BCUT2D eigenvalue weighted by molar-refractivity contribution is 5.79. The van der Waals surface area contributed by atoms with Gasteiger partial charge in [-0.1, -0.05) is 18.2 Å². The van der Waals surface area contributed by atoms with Gasteiger partial charge in [0.25, 0.3) is 0 Å². The van der Waals surface area contributed by atoms with E-state index >= 15 is 0 Å². The second kappa shape index (κ2) is 10.7. The van der Waals surface area contributed by atoms with Crippen LogP contribution < -0.4 is 19.5 Å². The normalized spacial score (nSPS) is 12.0. The van der Waals surface area contributed by atoms with Crippen molar-refractivity contribution in [2.45, 2.75) is 32.4 Å². The van der Waals surface area contributed by atoms with Crippen LogP contribution in [0.2, 0.25) is 0 Å². The lowest BCUT2D eigenvalue weighted by Crippen LogP contribution is -2.28. The van der Waals surface area contributed by atoms with Crippen molar-refractivity contribution in [3.8, 4) is 17.2 Å². The number of carbonyl (C=O) groups is 1. The second-order valence-electron chi connectivity index (χ2n) is 7.21. The van der Waals surface area contributed by atoms with Crippen LogP contribution in [0.15, 0.2) is 67.0 Å². The van der Waals surface area contributed by atoms with Gasteiger partial charge in [0, 0.05) is 12.4 Å². The van der Waals surface area contributed by atoms with Gasteiger partial charge in [-0.3, -0.25) is 9.78 Å². The first-order valence-corrected chi connectivity index (χ1v) is 10.1. The summed E-state index contributed by atoms with van der Waals surface area (Å²) in [5, 5.41) is 2.87. The minimum absolute atomic E-state index is 0.0148. The number of alkyl halides is 3. The average Bonchev–Trinajstić information content (AvgIpc) is 2.78. The minimum atomic E-state index is -4.75. The summed E-state index contributed by atoms with van der Waals surface area (Å²) in [7, 11) is 1.54. The number of ether oxygens (including phenoxy) is 3. The van der Waals surface area contributed by atoms with Crippen molar-refractivity contribution in [2.75, 3.05) is 7.11 Å². The molecule has 9 heteroatoms. The summed E-state index contributed by atoms with van der Waals surface area (Å²) in [6.07, 6.45) is -1.36. The highest BCUT2D eigenvalue weighted by Gasteiger charge is 2.31. The molecule has 0 saturated carbocycles. The summed E-state index contributed by atoms with van der Waals surface area (Å²) in [6.45, 7) is 2.18. The lowest BCUT2D eigenvalue weighted by Gasteiger charge is -2.17. The number of aromatic nitrogens is 1. The molecule has 3 rings (SSSR count). The first kappa shape index (κ1) is 23.9. The van der Waals surface area contributed by atoms with Crippen molar-refractivity contribution in [3.63, 3.8) is 0 Å². The molecular weight excluding hydrogens is 437 g/mol. The molecule has 0 radical (unpaired) electrons. The van der Waals surface area contributed by atoms with E-state index in [4.69, 9.17) is 9.47 Å². The zero-order chi connectivity index (χ0) is 23.8. The second-order valence-corrected chi connectivity index (χ2v) is 7.21. The van der Waals surface area contributed by atoms with Gasteiger partial charge in [-0.15, -0.1) is 13.2 Å². The van der Waals surface area contributed by atoms with Crippen molar-refractivity contribution in [3.05, 3.63) is 83.7 Å². The molecule has 1 unspecified atom stereocenters. The Balaban J connectivity index is 1.57. The van der Waals surface area contributed by atoms with Crippen molar-refractivity contribution in [1.29, 1.82) is 0 Å². The van der Waals surface area contributed by atoms with Crippen LogP contribution in [0.1, 0.15) is 29.7 Å². The van der Waals surface area contributed by atoms with Crippen LogP contribution in [-0.4, -0.2) is 24.4 Å². The zero-order valence-corrected chi connectivity index (χ0v) is 18.1. The molecule has 174 valence electrons. The van der Waals surface area contributed by atoms with E-state index in [9.17, 15) is 18.0 Å². The van der Waals surface area contributed by atoms with Crippen LogP contribution in [-0.2, 0) is 17.8 Å². The van der Waals surface area contributed by atoms with Crippen LogP contribution in [0.4, 0.5) is 13.2 Å².